The summed E-state index contributed by atoms with van der Waals surface area (Å²) in [7, 11) is 0. The average Bonchev–Trinajstić information content (AvgIpc) is 2.86. The highest BCUT2D eigenvalue weighted by atomic mass is 15.5. The van der Waals surface area contributed by atoms with E-state index in [2.05, 4.69) is 29.4 Å². The van der Waals surface area contributed by atoms with Gasteiger partial charge < -0.3 is 14.7 Å². The maximum atomic E-state index is 2.75. The van der Waals surface area contributed by atoms with Gasteiger partial charge in [-0.05, 0) is 117 Å². The van der Waals surface area contributed by atoms with Gasteiger partial charge in [0.2, 0.25) is 0 Å². The second-order valence-corrected chi connectivity index (χ2v) is 11.4. The SMILES string of the molecule is C1CCN(CCCN2CN(CCCN3CCCCC3)CN(CCCN3CCCCC3)C2)CC1. The van der Waals surface area contributed by atoms with Crippen molar-refractivity contribution in [1.29, 1.82) is 0 Å². The minimum absolute atomic E-state index is 1.18. The minimum atomic E-state index is 1.18. The second kappa shape index (κ2) is 15.0. The van der Waals surface area contributed by atoms with E-state index in [0.717, 1.165) is 0 Å². The molecule has 33 heavy (non-hydrogen) atoms. The van der Waals surface area contributed by atoms with Gasteiger partial charge in [0.15, 0.2) is 0 Å². The molecule has 0 spiro atoms. The molecule has 4 aliphatic rings. The molecule has 192 valence electrons. The largest absolute Gasteiger partial charge is 0.303 e. The number of rotatable bonds is 12. The van der Waals surface area contributed by atoms with E-state index in [4.69, 9.17) is 0 Å². The lowest BCUT2D eigenvalue weighted by Crippen LogP contribution is -2.56. The van der Waals surface area contributed by atoms with Gasteiger partial charge in [-0.15, -0.1) is 0 Å². The van der Waals surface area contributed by atoms with Gasteiger partial charge in [0.25, 0.3) is 0 Å². The van der Waals surface area contributed by atoms with Gasteiger partial charge in [0, 0.05) is 19.6 Å². The van der Waals surface area contributed by atoms with Gasteiger partial charge in [-0.25, -0.2) is 0 Å². The van der Waals surface area contributed by atoms with Crippen LogP contribution in [0, 0.1) is 0 Å². The summed E-state index contributed by atoms with van der Waals surface area (Å²) in [4.78, 5) is 16.4. The summed E-state index contributed by atoms with van der Waals surface area (Å²) in [5.41, 5.74) is 0. The fourth-order valence-corrected chi connectivity index (χ4v) is 6.51. The van der Waals surface area contributed by atoms with E-state index in [0.29, 0.717) is 0 Å². The Kier molecular flexibility index (Phi) is 11.7. The number of piperidine rings is 3. The molecule has 4 fully saturated rings. The second-order valence-electron chi connectivity index (χ2n) is 11.4. The highest BCUT2D eigenvalue weighted by Crippen LogP contribution is 2.14. The molecule has 0 aromatic heterocycles. The summed E-state index contributed by atoms with van der Waals surface area (Å²) < 4.78 is 0. The first-order chi connectivity index (χ1) is 16.3. The molecule has 0 radical (unpaired) electrons. The summed E-state index contributed by atoms with van der Waals surface area (Å²) in [6, 6.07) is 0. The lowest BCUT2D eigenvalue weighted by atomic mass is 10.1. The molecule has 0 aromatic carbocycles. The molecule has 0 bridgehead atoms. The van der Waals surface area contributed by atoms with Crippen LogP contribution in [0.2, 0.25) is 0 Å². The van der Waals surface area contributed by atoms with Crippen LogP contribution >= 0.6 is 0 Å². The van der Waals surface area contributed by atoms with Crippen LogP contribution in [-0.2, 0) is 0 Å². The van der Waals surface area contributed by atoms with Gasteiger partial charge in [0.1, 0.15) is 0 Å². The van der Waals surface area contributed by atoms with Gasteiger partial charge >= 0.3 is 0 Å². The molecular formula is C27H54N6. The van der Waals surface area contributed by atoms with Crippen molar-refractivity contribution in [2.45, 2.75) is 77.0 Å². The Morgan fingerprint density at radius 3 is 0.788 bits per heavy atom. The van der Waals surface area contributed by atoms with Gasteiger partial charge in [-0.3, -0.25) is 14.7 Å². The molecule has 0 saturated carbocycles. The third-order valence-electron chi connectivity index (χ3n) is 8.39. The predicted octanol–water partition coefficient (Wildman–Crippen LogP) is 3.41. The van der Waals surface area contributed by atoms with Crippen LogP contribution in [0.1, 0.15) is 77.0 Å². The highest BCUT2D eigenvalue weighted by molar-refractivity contribution is 4.74. The fourth-order valence-electron chi connectivity index (χ4n) is 6.51. The van der Waals surface area contributed by atoms with Crippen molar-refractivity contribution >= 4 is 0 Å². The quantitative estimate of drug-likeness (QED) is 0.440. The van der Waals surface area contributed by atoms with Crippen molar-refractivity contribution in [3.63, 3.8) is 0 Å². The van der Waals surface area contributed by atoms with E-state index < -0.39 is 0 Å². The van der Waals surface area contributed by atoms with Crippen LogP contribution in [0.5, 0.6) is 0 Å². The van der Waals surface area contributed by atoms with Crippen molar-refractivity contribution in [3.05, 3.63) is 0 Å². The summed E-state index contributed by atoms with van der Waals surface area (Å²) in [5, 5.41) is 0. The first kappa shape index (κ1) is 25.8. The molecule has 6 heteroatoms. The van der Waals surface area contributed by atoms with E-state index in [1.165, 1.54) is 176 Å². The lowest BCUT2D eigenvalue weighted by Gasteiger charge is -2.43. The third-order valence-corrected chi connectivity index (χ3v) is 8.39. The molecular weight excluding hydrogens is 408 g/mol. The third kappa shape index (κ3) is 9.73. The van der Waals surface area contributed by atoms with Crippen molar-refractivity contribution < 1.29 is 0 Å². The zero-order valence-electron chi connectivity index (χ0n) is 21.8. The Balaban J connectivity index is 1.18. The van der Waals surface area contributed by atoms with E-state index in [1.54, 1.807) is 0 Å². The summed E-state index contributed by atoms with van der Waals surface area (Å²) >= 11 is 0. The van der Waals surface area contributed by atoms with E-state index in [9.17, 15) is 0 Å². The Morgan fingerprint density at radius 1 is 0.273 bits per heavy atom. The van der Waals surface area contributed by atoms with Crippen LogP contribution in [0.4, 0.5) is 0 Å². The van der Waals surface area contributed by atoms with E-state index in [-0.39, 0.29) is 0 Å². The maximum absolute atomic E-state index is 2.75. The number of hydrogen-bond donors (Lipinski definition) is 0. The molecule has 4 saturated heterocycles. The first-order valence-corrected chi connectivity index (χ1v) is 14.7. The summed E-state index contributed by atoms with van der Waals surface area (Å²) in [5.74, 6) is 0. The Bertz CT molecular complexity index is 422. The van der Waals surface area contributed by atoms with Crippen molar-refractivity contribution in [3.8, 4) is 0 Å². The summed E-state index contributed by atoms with van der Waals surface area (Å²) in [6.07, 6.45) is 16.8. The first-order valence-electron chi connectivity index (χ1n) is 14.7. The fraction of sp³-hybridized carbons (Fsp3) is 1.00. The molecule has 4 aliphatic heterocycles. The van der Waals surface area contributed by atoms with Crippen LogP contribution in [0.15, 0.2) is 0 Å². The average molecular weight is 463 g/mol. The highest BCUT2D eigenvalue weighted by Gasteiger charge is 2.23. The smallest absolute Gasteiger partial charge is 0.0530 e. The van der Waals surface area contributed by atoms with Crippen molar-refractivity contribution in [1.82, 2.24) is 29.4 Å². The Hall–Kier alpha value is -0.240. The van der Waals surface area contributed by atoms with Gasteiger partial charge in [0.05, 0.1) is 20.0 Å². The molecule has 0 N–H and O–H groups in total. The molecule has 0 aromatic rings. The molecule has 0 unspecified atom stereocenters. The molecule has 4 rings (SSSR count). The summed E-state index contributed by atoms with van der Waals surface area (Å²) in [6.45, 7) is 19.3. The normalized spacial score (nSPS) is 26.2. The van der Waals surface area contributed by atoms with Crippen LogP contribution in [0.25, 0.3) is 0 Å². The van der Waals surface area contributed by atoms with Gasteiger partial charge in [-0.2, -0.15) is 0 Å². The monoisotopic (exact) mass is 462 g/mol. The number of likely N-dealkylation sites (tertiary alicyclic amines) is 3. The predicted molar refractivity (Wildman–Crippen MR) is 139 cm³/mol. The van der Waals surface area contributed by atoms with Crippen LogP contribution in [0.3, 0.4) is 0 Å². The van der Waals surface area contributed by atoms with Crippen LogP contribution < -0.4 is 0 Å². The molecule has 0 amide bonds. The zero-order valence-corrected chi connectivity index (χ0v) is 21.8. The number of nitrogens with zero attached hydrogens (tertiary/aromatic N) is 6. The van der Waals surface area contributed by atoms with Crippen molar-refractivity contribution in [2.75, 3.05) is 98.5 Å². The van der Waals surface area contributed by atoms with Gasteiger partial charge in [-0.1, -0.05) is 19.3 Å². The van der Waals surface area contributed by atoms with E-state index >= 15 is 0 Å². The molecule has 6 nitrogen and oxygen atoms in total. The Labute approximate surface area is 205 Å². The Morgan fingerprint density at radius 2 is 0.515 bits per heavy atom. The standard InChI is InChI=1S/C27H54N6/c1-4-13-28(14-5-1)19-10-22-31-25-32(23-11-20-29-15-6-2-7-16-29)27-33(26-31)24-12-21-30-17-8-3-9-18-30/h1-27H2. The van der Waals surface area contributed by atoms with Crippen molar-refractivity contribution in [2.24, 2.45) is 0 Å². The number of hydrogen-bond acceptors (Lipinski definition) is 6. The molecule has 0 atom stereocenters. The maximum Gasteiger partial charge on any atom is 0.0530 e. The molecule has 0 aliphatic carbocycles. The topological polar surface area (TPSA) is 19.4 Å². The lowest BCUT2D eigenvalue weighted by molar-refractivity contribution is -0.0333. The van der Waals surface area contributed by atoms with Crippen LogP contribution in [-0.4, -0.2) is 128 Å². The minimum Gasteiger partial charge on any atom is -0.303 e. The zero-order chi connectivity index (χ0) is 22.6. The van der Waals surface area contributed by atoms with E-state index in [1.807, 2.05) is 0 Å². The molecule has 4 heterocycles.